The Morgan fingerprint density at radius 1 is 1.41 bits per heavy atom. The zero-order valence-electron chi connectivity index (χ0n) is 15.7. The number of thiazole rings is 1. The molecule has 2 heterocycles. The Morgan fingerprint density at radius 3 is 2.93 bits per heavy atom. The number of aryl methyl sites for hydroxylation is 1. The smallest absolute Gasteiger partial charge is 0.407 e. The number of H-pyrrole nitrogens is 1. The molecular weight excluding hydrogens is 366 g/mol. The molecule has 8 nitrogen and oxygen atoms in total. The Bertz CT molecular complexity index is 801. The fourth-order valence-electron chi connectivity index (χ4n) is 3.17. The van der Waals surface area contributed by atoms with E-state index in [1.807, 2.05) is 32.2 Å². The van der Waals surface area contributed by atoms with E-state index in [4.69, 9.17) is 4.74 Å². The number of alkyl carbamates (subject to hydrolysis) is 1. The number of aromatic amines is 1. The minimum Gasteiger partial charge on any atom is -0.446 e. The predicted molar refractivity (Wildman–Crippen MR) is 103 cm³/mol. The zero-order valence-corrected chi connectivity index (χ0v) is 16.6. The molecule has 3 N–H and O–H groups in total. The molecule has 9 heteroatoms. The molecule has 146 valence electrons. The van der Waals surface area contributed by atoms with Gasteiger partial charge in [-0.3, -0.25) is 9.89 Å². The molecule has 1 aliphatic carbocycles. The molecule has 3 rings (SSSR count). The van der Waals surface area contributed by atoms with Gasteiger partial charge in [0, 0.05) is 34.8 Å². The molecular formula is C18H25N5O3S. The van der Waals surface area contributed by atoms with Gasteiger partial charge in [0.05, 0.1) is 6.42 Å². The van der Waals surface area contributed by atoms with Crippen LogP contribution >= 0.6 is 11.3 Å². The minimum atomic E-state index is -0.370. The normalized spacial score (nSPS) is 19.3. The quantitative estimate of drug-likeness (QED) is 0.701. The summed E-state index contributed by atoms with van der Waals surface area (Å²) in [6, 6.07) is 1.91. The van der Waals surface area contributed by atoms with E-state index in [9.17, 15) is 9.59 Å². The average Bonchev–Trinajstić information content (AvgIpc) is 3.28. The summed E-state index contributed by atoms with van der Waals surface area (Å²) in [7, 11) is 0. The molecule has 2 aromatic heterocycles. The van der Waals surface area contributed by atoms with Gasteiger partial charge in [-0.25, -0.2) is 9.78 Å². The maximum absolute atomic E-state index is 12.1. The van der Waals surface area contributed by atoms with Gasteiger partial charge in [0.2, 0.25) is 5.91 Å². The number of hydrogen-bond donors (Lipinski definition) is 3. The van der Waals surface area contributed by atoms with Crippen molar-refractivity contribution in [2.24, 2.45) is 0 Å². The van der Waals surface area contributed by atoms with Crippen LogP contribution in [0.2, 0.25) is 0 Å². The van der Waals surface area contributed by atoms with Crippen molar-refractivity contribution in [1.82, 2.24) is 20.5 Å². The molecule has 2 aromatic rings. The molecule has 27 heavy (non-hydrogen) atoms. The highest BCUT2D eigenvalue weighted by Crippen LogP contribution is 2.35. The van der Waals surface area contributed by atoms with Crippen LogP contribution in [0.4, 0.5) is 10.6 Å². The highest BCUT2D eigenvalue weighted by Gasteiger charge is 2.30. The number of anilines is 1. The molecule has 0 bridgehead atoms. The minimum absolute atomic E-state index is 0.0572. The summed E-state index contributed by atoms with van der Waals surface area (Å²) in [5, 5.41) is 15.4. The monoisotopic (exact) mass is 391 g/mol. The second kappa shape index (κ2) is 8.51. The topological polar surface area (TPSA) is 109 Å². The van der Waals surface area contributed by atoms with Gasteiger partial charge < -0.3 is 15.4 Å². The standard InChI is InChI=1S/C18H25N5O3S/c1-10(2)19-18(25)26-13-5-4-12(6-13)14-7-15(23-22-14)21-16(24)8-17-20-11(3)9-27-17/h7,9-10,12-13H,4-6,8H2,1-3H3,(H,19,25)(H2,21,22,23,24). The van der Waals surface area contributed by atoms with Crippen LogP contribution in [0.5, 0.6) is 0 Å². The summed E-state index contributed by atoms with van der Waals surface area (Å²) >= 11 is 1.48. The Kier molecular flexibility index (Phi) is 6.10. The number of ether oxygens (including phenoxy) is 1. The number of hydrogen-bond acceptors (Lipinski definition) is 6. The Morgan fingerprint density at radius 2 is 2.22 bits per heavy atom. The van der Waals surface area contributed by atoms with Crippen LogP contribution < -0.4 is 10.6 Å². The van der Waals surface area contributed by atoms with Gasteiger partial charge in [0.1, 0.15) is 11.1 Å². The van der Waals surface area contributed by atoms with Crippen molar-refractivity contribution in [2.75, 3.05) is 5.32 Å². The lowest BCUT2D eigenvalue weighted by molar-refractivity contribution is -0.115. The van der Waals surface area contributed by atoms with Crippen molar-refractivity contribution >= 4 is 29.2 Å². The van der Waals surface area contributed by atoms with Crippen LogP contribution in [0.3, 0.4) is 0 Å². The SMILES string of the molecule is Cc1csc(CC(=O)Nc2cc(C3CCC(OC(=O)NC(C)C)C3)[nH]n2)n1. The van der Waals surface area contributed by atoms with E-state index in [0.29, 0.717) is 5.82 Å². The lowest BCUT2D eigenvalue weighted by Gasteiger charge is -2.14. The van der Waals surface area contributed by atoms with Gasteiger partial charge in [-0.05, 0) is 40.0 Å². The second-order valence-electron chi connectivity index (χ2n) is 7.15. The number of carbonyl (C=O) groups excluding carboxylic acids is 2. The van der Waals surface area contributed by atoms with Crippen molar-refractivity contribution < 1.29 is 14.3 Å². The van der Waals surface area contributed by atoms with Gasteiger partial charge in [-0.2, -0.15) is 5.10 Å². The first-order chi connectivity index (χ1) is 12.9. The van der Waals surface area contributed by atoms with Gasteiger partial charge in [0.25, 0.3) is 0 Å². The molecule has 0 aromatic carbocycles. The summed E-state index contributed by atoms with van der Waals surface area (Å²) in [6.45, 7) is 5.70. The maximum atomic E-state index is 12.1. The summed E-state index contributed by atoms with van der Waals surface area (Å²) in [4.78, 5) is 28.1. The van der Waals surface area contributed by atoms with Gasteiger partial charge >= 0.3 is 6.09 Å². The molecule has 0 radical (unpaired) electrons. The lowest BCUT2D eigenvalue weighted by Crippen LogP contribution is -2.33. The van der Waals surface area contributed by atoms with Crippen molar-refractivity contribution in [3.63, 3.8) is 0 Å². The van der Waals surface area contributed by atoms with Crippen LogP contribution in [0.15, 0.2) is 11.4 Å². The number of carbonyl (C=O) groups is 2. The summed E-state index contributed by atoms with van der Waals surface area (Å²) in [6.07, 6.45) is 2.26. The third-order valence-electron chi connectivity index (χ3n) is 4.35. The number of nitrogens with one attached hydrogen (secondary N) is 3. The van der Waals surface area contributed by atoms with Gasteiger partial charge in [-0.15, -0.1) is 11.3 Å². The first-order valence-corrected chi connectivity index (χ1v) is 10.0. The van der Waals surface area contributed by atoms with Crippen molar-refractivity contribution in [2.45, 2.75) is 64.5 Å². The van der Waals surface area contributed by atoms with Crippen LogP contribution in [0.1, 0.15) is 55.4 Å². The Hall–Kier alpha value is -2.42. The van der Waals surface area contributed by atoms with Crippen LogP contribution in [-0.2, 0) is 16.0 Å². The van der Waals surface area contributed by atoms with Gasteiger partial charge in [0.15, 0.2) is 5.82 Å². The first kappa shape index (κ1) is 19.3. The average molecular weight is 391 g/mol. The van der Waals surface area contributed by atoms with E-state index in [1.165, 1.54) is 11.3 Å². The molecule has 0 aliphatic heterocycles. The molecule has 1 saturated carbocycles. The molecule has 1 aliphatic rings. The predicted octanol–water partition coefficient (Wildman–Crippen LogP) is 3.13. The van der Waals surface area contributed by atoms with E-state index < -0.39 is 0 Å². The number of nitrogens with zero attached hydrogens (tertiary/aromatic N) is 2. The number of amides is 2. The van der Waals surface area contributed by atoms with E-state index >= 15 is 0 Å². The van der Waals surface area contributed by atoms with Crippen LogP contribution in [-0.4, -0.2) is 39.3 Å². The van der Waals surface area contributed by atoms with Crippen LogP contribution in [0.25, 0.3) is 0 Å². The molecule has 2 amide bonds. The molecule has 2 atom stereocenters. The Labute approximate surface area is 162 Å². The van der Waals surface area contributed by atoms with E-state index in [0.717, 1.165) is 35.7 Å². The first-order valence-electron chi connectivity index (χ1n) is 9.12. The highest BCUT2D eigenvalue weighted by atomic mass is 32.1. The van der Waals surface area contributed by atoms with Crippen molar-refractivity contribution in [1.29, 1.82) is 0 Å². The van der Waals surface area contributed by atoms with Gasteiger partial charge in [-0.1, -0.05) is 0 Å². The van der Waals surface area contributed by atoms with Crippen LogP contribution in [0, 0.1) is 6.92 Å². The van der Waals surface area contributed by atoms with Crippen molar-refractivity contribution in [3.8, 4) is 0 Å². The highest BCUT2D eigenvalue weighted by molar-refractivity contribution is 7.09. The molecule has 0 saturated heterocycles. The third-order valence-corrected chi connectivity index (χ3v) is 5.31. The summed E-state index contributed by atoms with van der Waals surface area (Å²) in [5.74, 6) is 0.604. The second-order valence-corrected chi connectivity index (χ2v) is 8.10. The summed E-state index contributed by atoms with van der Waals surface area (Å²) in [5.41, 5.74) is 1.87. The van der Waals surface area contributed by atoms with E-state index in [-0.39, 0.29) is 36.5 Å². The fourth-order valence-corrected chi connectivity index (χ4v) is 3.94. The third kappa shape index (κ3) is 5.53. The zero-order chi connectivity index (χ0) is 19.4. The molecule has 1 fully saturated rings. The number of aromatic nitrogens is 3. The Balaban J connectivity index is 1.49. The number of rotatable bonds is 6. The largest absolute Gasteiger partial charge is 0.446 e. The van der Waals surface area contributed by atoms with E-state index in [2.05, 4.69) is 25.8 Å². The lowest BCUT2D eigenvalue weighted by atomic mass is 10.0. The maximum Gasteiger partial charge on any atom is 0.407 e. The van der Waals surface area contributed by atoms with E-state index in [1.54, 1.807) is 0 Å². The van der Waals surface area contributed by atoms with Crippen molar-refractivity contribution in [3.05, 3.63) is 27.8 Å². The summed E-state index contributed by atoms with van der Waals surface area (Å²) < 4.78 is 5.45. The molecule has 0 spiro atoms. The fraction of sp³-hybridized carbons (Fsp3) is 0.556. The molecule has 2 unspecified atom stereocenters.